The molecule has 2 aromatic rings. The highest BCUT2D eigenvalue weighted by molar-refractivity contribution is 5.87. The highest BCUT2D eigenvalue weighted by atomic mass is 16.5. The van der Waals surface area contributed by atoms with Crippen molar-refractivity contribution in [3.05, 3.63) is 53.3 Å². The molecule has 0 radical (unpaired) electrons. The third-order valence-corrected chi connectivity index (χ3v) is 4.61. The van der Waals surface area contributed by atoms with Crippen molar-refractivity contribution in [2.24, 2.45) is 0 Å². The Bertz CT molecular complexity index is 718. The molecule has 1 atom stereocenters. The maximum absolute atomic E-state index is 12.0. The van der Waals surface area contributed by atoms with E-state index in [1.54, 1.807) is 13.0 Å². The van der Waals surface area contributed by atoms with Gasteiger partial charge in [-0.3, -0.25) is 0 Å². The van der Waals surface area contributed by atoms with Crippen molar-refractivity contribution < 1.29 is 9.53 Å². The van der Waals surface area contributed by atoms with Crippen molar-refractivity contribution in [1.29, 1.82) is 0 Å². The van der Waals surface area contributed by atoms with E-state index in [4.69, 9.17) is 4.74 Å². The molecular formula is C20H25N3O2. The fourth-order valence-corrected chi connectivity index (χ4v) is 3.36. The molecule has 0 amide bonds. The molecule has 0 saturated carbocycles. The largest absolute Gasteiger partial charge is 0.461 e. The van der Waals surface area contributed by atoms with Crippen LogP contribution in [0.25, 0.3) is 0 Å². The summed E-state index contributed by atoms with van der Waals surface area (Å²) in [7, 11) is 0. The highest BCUT2D eigenvalue weighted by Gasteiger charge is 2.21. The number of nitrogens with zero attached hydrogens (tertiary/aromatic N) is 3. The van der Waals surface area contributed by atoms with Gasteiger partial charge in [0.15, 0.2) is 5.69 Å². The van der Waals surface area contributed by atoms with E-state index in [9.17, 15) is 4.79 Å². The molecular weight excluding hydrogens is 314 g/mol. The van der Waals surface area contributed by atoms with Gasteiger partial charge in [0.05, 0.1) is 6.61 Å². The number of anilines is 1. The number of hydrogen-bond acceptors (Lipinski definition) is 5. The normalized spacial score (nSPS) is 17.8. The summed E-state index contributed by atoms with van der Waals surface area (Å²) in [4.78, 5) is 23.2. The number of aromatic nitrogens is 2. The van der Waals surface area contributed by atoms with Crippen LogP contribution in [0.4, 0.5) is 5.95 Å². The molecule has 1 aromatic heterocycles. The van der Waals surface area contributed by atoms with Crippen molar-refractivity contribution in [3.63, 3.8) is 0 Å². The number of carbonyl (C=O) groups excluding carboxylic acids is 1. The molecule has 1 aliphatic rings. The maximum atomic E-state index is 12.0. The van der Waals surface area contributed by atoms with E-state index in [2.05, 4.69) is 45.2 Å². The van der Waals surface area contributed by atoms with E-state index in [1.165, 1.54) is 5.56 Å². The Morgan fingerprint density at radius 1 is 1.20 bits per heavy atom. The van der Waals surface area contributed by atoms with E-state index in [-0.39, 0.29) is 5.97 Å². The minimum Gasteiger partial charge on any atom is -0.461 e. The number of rotatable bonds is 4. The SMILES string of the molecule is CCOC(=O)c1cc(C)nc(N2CCC[C@H](c3ccccc3)CC2)n1. The maximum Gasteiger partial charge on any atom is 0.357 e. The fourth-order valence-electron chi connectivity index (χ4n) is 3.36. The molecule has 0 N–H and O–H groups in total. The van der Waals surface area contributed by atoms with Crippen LogP contribution in [0.2, 0.25) is 0 Å². The summed E-state index contributed by atoms with van der Waals surface area (Å²) in [5.74, 6) is 0.823. The predicted octanol–water partition coefficient (Wildman–Crippen LogP) is 3.74. The van der Waals surface area contributed by atoms with Gasteiger partial charge in [0.1, 0.15) is 0 Å². The molecule has 1 saturated heterocycles. The van der Waals surface area contributed by atoms with E-state index in [1.807, 2.05) is 6.92 Å². The number of aryl methyl sites for hydroxylation is 1. The van der Waals surface area contributed by atoms with E-state index < -0.39 is 0 Å². The summed E-state index contributed by atoms with van der Waals surface area (Å²) in [6.45, 7) is 5.84. The lowest BCUT2D eigenvalue weighted by molar-refractivity contribution is 0.0519. The lowest BCUT2D eigenvalue weighted by Gasteiger charge is -2.21. The van der Waals surface area contributed by atoms with E-state index in [0.29, 0.717) is 24.2 Å². The Morgan fingerprint density at radius 2 is 2.00 bits per heavy atom. The van der Waals surface area contributed by atoms with Gasteiger partial charge in [-0.2, -0.15) is 0 Å². The van der Waals surface area contributed by atoms with Crippen LogP contribution in [0.3, 0.4) is 0 Å². The first-order valence-corrected chi connectivity index (χ1v) is 9.00. The second kappa shape index (κ2) is 8.10. The van der Waals surface area contributed by atoms with Crippen LogP contribution in [0.15, 0.2) is 36.4 Å². The zero-order valence-electron chi connectivity index (χ0n) is 14.9. The zero-order valence-corrected chi connectivity index (χ0v) is 14.9. The molecule has 5 heteroatoms. The van der Waals surface area contributed by atoms with Crippen LogP contribution >= 0.6 is 0 Å². The van der Waals surface area contributed by atoms with Crippen molar-refractivity contribution >= 4 is 11.9 Å². The van der Waals surface area contributed by atoms with Gasteiger partial charge >= 0.3 is 5.97 Å². The van der Waals surface area contributed by atoms with E-state index in [0.717, 1.165) is 38.0 Å². The second-order valence-corrected chi connectivity index (χ2v) is 6.44. The van der Waals surface area contributed by atoms with Gasteiger partial charge in [0.2, 0.25) is 5.95 Å². The van der Waals surface area contributed by atoms with Gasteiger partial charge in [-0.05, 0) is 50.7 Å². The molecule has 132 valence electrons. The van der Waals surface area contributed by atoms with Crippen LogP contribution in [-0.4, -0.2) is 35.6 Å². The Labute approximate surface area is 149 Å². The average molecular weight is 339 g/mol. The summed E-state index contributed by atoms with van der Waals surface area (Å²) in [6, 6.07) is 12.4. The van der Waals surface area contributed by atoms with E-state index >= 15 is 0 Å². The van der Waals surface area contributed by atoms with Crippen LogP contribution in [0.5, 0.6) is 0 Å². The number of carbonyl (C=O) groups is 1. The zero-order chi connectivity index (χ0) is 17.6. The minimum absolute atomic E-state index is 0.341. The summed E-state index contributed by atoms with van der Waals surface area (Å²) in [5, 5.41) is 0. The summed E-state index contributed by atoms with van der Waals surface area (Å²) in [5.41, 5.74) is 2.53. The van der Waals surface area contributed by atoms with Gasteiger partial charge in [-0.1, -0.05) is 30.3 Å². The minimum atomic E-state index is -0.383. The van der Waals surface area contributed by atoms with Crippen LogP contribution in [0.1, 0.15) is 53.8 Å². The van der Waals surface area contributed by atoms with Crippen molar-refractivity contribution in [2.45, 2.75) is 39.0 Å². The van der Waals surface area contributed by atoms with Crippen molar-refractivity contribution in [1.82, 2.24) is 9.97 Å². The second-order valence-electron chi connectivity index (χ2n) is 6.44. The standard InChI is InChI=1S/C20H25N3O2/c1-3-25-19(24)18-14-15(2)21-20(22-18)23-12-7-10-17(11-13-23)16-8-5-4-6-9-16/h4-6,8-9,14,17H,3,7,10-13H2,1-2H3/t17-/m0/s1. The smallest absolute Gasteiger partial charge is 0.357 e. The van der Waals surface area contributed by atoms with Crippen LogP contribution in [-0.2, 0) is 4.74 Å². The first kappa shape index (κ1) is 17.4. The lowest BCUT2D eigenvalue weighted by atomic mass is 9.92. The molecule has 2 heterocycles. The lowest BCUT2D eigenvalue weighted by Crippen LogP contribution is -2.27. The molecule has 25 heavy (non-hydrogen) atoms. The Hall–Kier alpha value is -2.43. The van der Waals surface area contributed by atoms with Gasteiger partial charge in [0, 0.05) is 18.8 Å². The van der Waals surface area contributed by atoms with Gasteiger partial charge in [-0.15, -0.1) is 0 Å². The van der Waals surface area contributed by atoms with Gasteiger partial charge in [-0.25, -0.2) is 14.8 Å². The van der Waals surface area contributed by atoms with Crippen molar-refractivity contribution in [3.8, 4) is 0 Å². The summed E-state index contributed by atoms with van der Waals surface area (Å²) < 4.78 is 5.08. The number of benzene rings is 1. The molecule has 5 nitrogen and oxygen atoms in total. The average Bonchev–Trinajstić information content (AvgIpc) is 2.88. The number of ether oxygens (including phenoxy) is 1. The molecule has 1 fully saturated rings. The van der Waals surface area contributed by atoms with Crippen LogP contribution < -0.4 is 4.90 Å². The molecule has 3 rings (SSSR count). The molecule has 0 aliphatic carbocycles. The topological polar surface area (TPSA) is 55.3 Å². The molecule has 0 spiro atoms. The Morgan fingerprint density at radius 3 is 2.76 bits per heavy atom. The molecule has 1 aliphatic heterocycles. The fraction of sp³-hybridized carbons (Fsp3) is 0.450. The Kier molecular flexibility index (Phi) is 5.64. The number of hydrogen-bond donors (Lipinski definition) is 0. The summed E-state index contributed by atoms with van der Waals surface area (Å²) in [6.07, 6.45) is 3.32. The summed E-state index contributed by atoms with van der Waals surface area (Å²) >= 11 is 0. The Balaban J connectivity index is 1.75. The first-order valence-electron chi connectivity index (χ1n) is 9.00. The van der Waals surface area contributed by atoms with Gasteiger partial charge in [0.25, 0.3) is 0 Å². The predicted molar refractivity (Wildman–Crippen MR) is 98.0 cm³/mol. The first-order chi connectivity index (χ1) is 12.2. The quantitative estimate of drug-likeness (QED) is 0.794. The van der Waals surface area contributed by atoms with Crippen LogP contribution in [0, 0.1) is 6.92 Å². The molecule has 0 bridgehead atoms. The van der Waals surface area contributed by atoms with Gasteiger partial charge < -0.3 is 9.64 Å². The molecule has 1 aromatic carbocycles. The monoisotopic (exact) mass is 339 g/mol. The highest BCUT2D eigenvalue weighted by Crippen LogP contribution is 2.29. The molecule has 0 unspecified atom stereocenters. The van der Waals surface area contributed by atoms with Crippen molar-refractivity contribution in [2.75, 3.05) is 24.6 Å². The third kappa shape index (κ3) is 4.35. The number of esters is 1. The third-order valence-electron chi connectivity index (χ3n) is 4.61.